The van der Waals surface area contributed by atoms with Gasteiger partial charge in [0, 0.05) is 29.0 Å². The van der Waals surface area contributed by atoms with Crippen LogP contribution in [0.25, 0.3) is 11.0 Å². The Morgan fingerprint density at radius 2 is 2.07 bits per heavy atom. The van der Waals surface area contributed by atoms with Crippen molar-refractivity contribution in [1.82, 2.24) is 4.90 Å². The van der Waals surface area contributed by atoms with Crippen molar-refractivity contribution in [2.24, 2.45) is 17.1 Å². The Balaban J connectivity index is 1.75. The van der Waals surface area contributed by atoms with E-state index in [1.165, 1.54) is 0 Å². The Kier molecular flexibility index (Phi) is 4.20. The maximum absolute atomic E-state index is 13.5. The maximum atomic E-state index is 13.5. The minimum atomic E-state index is -0.790. The smallest absolute Gasteiger partial charge is 0.404 e. The molecule has 2 aromatic rings. The molecule has 0 radical (unpaired) electrons. The van der Waals surface area contributed by atoms with Crippen molar-refractivity contribution in [2.75, 3.05) is 6.54 Å². The second-order valence-electron chi connectivity index (χ2n) is 8.96. The molecule has 150 valence electrons. The summed E-state index contributed by atoms with van der Waals surface area (Å²) in [6, 6.07) is 5.40. The third-order valence-corrected chi connectivity index (χ3v) is 6.97. The highest BCUT2D eigenvalue weighted by atomic mass is 35.5. The van der Waals surface area contributed by atoms with Gasteiger partial charge in [-0.05, 0) is 48.9 Å². The van der Waals surface area contributed by atoms with Gasteiger partial charge >= 0.3 is 6.09 Å². The normalized spacial score (nSPS) is 26.8. The molecule has 7 heteroatoms. The van der Waals surface area contributed by atoms with Crippen molar-refractivity contribution in [3.63, 3.8) is 0 Å². The number of benzene rings is 1. The first-order chi connectivity index (χ1) is 13.1. The van der Waals surface area contributed by atoms with Gasteiger partial charge in [-0.3, -0.25) is 4.79 Å². The number of aryl methyl sites for hydroxylation is 1. The van der Waals surface area contributed by atoms with Crippen LogP contribution in [-0.4, -0.2) is 35.1 Å². The van der Waals surface area contributed by atoms with Crippen LogP contribution in [0.15, 0.2) is 22.6 Å². The van der Waals surface area contributed by atoms with Crippen molar-refractivity contribution in [1.29, 1.82) is 0 Å². The van der Waals surface area contributed by atoms with E-state index in [1.54, 1.807) is 12.1 Å². The summed E-state index contributed by atoms with van der Waals surface area (Å²) in [6.07, 6.45) is 0.504. The van der Waals surface area contributed by atoms with Crippen LogP contribution in [-0.2, 0) is 4.74 Å². The van der Waals surface area contributed by atoms with Gasteiger partial charge in [0.25, 0.3) is 5.91 Å². The van der Waals surface area contributed by atoms with E-state index in [4.69, 9.17) is 26.5 Å². The van der Waals surface area contributed by atoms with Crippen LogP contribution >= 0.6 is 11.6 Å². The molecule has 28 heavy (non-hydrogen) atoms. The van der Waals surface area contributed by atoms with E-state index in [2.05, 4.69) is 20.8 Å². The molecule has 3 atom stereocenters. The minimum absolute atomic E-state index is 0.0951. The predicted molar refractivity (Wildman–Crippen MR) is 106 cm³/mol. The molecule has 2 N–H and O–H groups in total. The van der Waals surface area contributed by atoms with Gasteiger partial charge < -0.3 is 19.8 Å². The van der Waals surface area contributed by atoms with Crippen LogP contribution in [0.1, 0.15) is 49.5 Å². The molecule has 2 bridgehead atoms. The summed E-state index contributed by atoms with van der Waals surface area (Å²) in [5, 5.41) is 1.23. The number of ether oxygens (including phenoxy) is 1. The summed E-state index contributed by atoms with van der Waals surface area (Å²) in [6.45, 7) is 8.67. The number of hydrogen-bond acceptors (Lipinski definition) is 4. The fourth-order valence-corrected chi connectivity index (χ4v) is 5.42. The van der Waals surface area contributed by atoms with Gasteiger partial charge in [0.15, 0.2) is 5.22 Å². The molecule has 1 aromatic heterocycles. The fraction of sp³-hybridized carbons (Fsp3) is 0.524. The molecule has 2 unspecified atom stereocenters. The largest absolute Gasteiger partial charge is 0.444 e. The van der Waals surface area contributed by atoms with Crippen LogP contribution in [0, 0.1) is 18.3 Å². The average Bonchev–Trinajstić information content (AvgIpc) is 3.22. The topological polar surface area (TPSA) is 85.8 Å². The first-order valence-corrected chi connectivity index (χ1v) is 9.91. The quantitative estimate of drug-likeness (QED) is 0.797. The molecule has 1 saturated heterocycles. The molecule has 1 aromatic carbocycles. The summed E-state index contributed by atoms with van der Waals surface area (Å²) < 4.78 is 11.1. The van der Waals surface area contributed by atoms with Crippen LogP contribution in [0.2, 0.25) is 5.22 Å². The highest BCUT2D eigenvalue weighted by Crippen LogP contribution is 2.57. The van der Waals surface area contributed by atoms with Gasteiger partial charge in [0.1, 0.15) is 11.7 Å². The van der Waals surface area contributed by atoms with Crippen molar-refractivity contribution < 1.29 is 18.7 Å². The van der Waals surface area contributed by atoms with E-state index in [0.717, 1.165) is 23.8 Å². The fourth-order valence-electron chi connectivity index (χ4n) is 5.24. The van der Waals surface area contributed by atoms with Crippen LogP contribution < -0.4 is 5.73 Å². The van der Waals surface area contributed by atoms with Gasteiger partial charge in [-0.2, -0.15) is 0 Å². The number of primary amides is 1. The first-order valence-electron chi connectivity index (χ1n) is 9.53. The average molecular weight is 405 g/mol. The third-order valence-electron chi connectivity index (χ3n) is 6.61. The SMILES string of the molecule is Cc1c(Cl)oc2cc(C(=O)N3CC4CCC3(C(C)(C)C)[C@@H]4OC(N)=O)ccc12. The molecule has 0 spiro atoms. The number of nitrogens with zero attached hydrogens (tertiary/aromatic N) is 1. The zero-order valence-corrected chi connectivity index (χ0v) is 17.3. The highest BCUT2D eigenvalue weighted by molar-refractivity contribution is 6.30. The number of piperidine rings is 1. The van der Waals surface area contributed by atoms with E-state index < -0.39 is 17.7 Å². The van der Waals surface area contributed by atoms with E-state index in [1.807, 2.05) is 17.9 Å². The molecule has 2 fully saturated rings. The van der Waals surface area contributed by atoms with Gasteiger partial charge in [-0.1, -0.05) is 26.8 Å². The number of nitrogens with two attached hydrogens (primary N) is 1. The molecule has 6 nitrogen and oxygen atoms in total. The Hall–Kier alpha value is -2.21. The molecule has 1 saturated carbocycles. The first kappa shape index (κ1) is 19.1. The third kappa shape index (κ3) is 2.54. The molecular weight excluding hydrogens is 380 g/mol. The van der Waals surface area contributed by atoms with Crippen LogP contribution in [0.3, 0.4) is 0 Å². The number of hydrogen-bond donors (Lipinski definition) is 1. The van der Waals surface area contributed by atoms with Crippen molar-refractivity contribution in [3.8, 4) is 0 Å². The predicted octanol–water partition coefficient (Wildman–Crippen LogP) is 4.51. The number of carbonyl (C=O) groups is 2. The summed E-state index contributed by atoms with van der Waals surface area (Å²) in [4.78, 5) is 27.0. The Bertz CT molecular complexity index is 977. The zero-order valence-electron chi connectivity index (χ0n) is 16.5. The molecule has 2 heterocycles. The number of amides is 2. The zero-order chi connectivity index (χ0) is 20.4. The molecule has 4 rings (SSSR count). The van der Waals surface area contributed by atoms with Crippen molar-refractivity contribution in [3.05, 3.63) is 34.5 Å². The lowest BCUT2D eigenvalue weighted by Crippen LogP contribution is -2.60. The van der Waals surface area contributed by atoms with Gasteiger partial charge in [0.2, 0.25) is 0 Å². The van der Waals surface area contributed by atoms with Crippen molar-refractivity contribution in [2.45, 2.75) is 52.2 Å². The number of carbonyl (C=O) groups excluding carboxylic acids is 2. The lowest BCUT2D eigenvalue weighted by molar-refractivity contribution is -0.0359. The lowest BCUT2D eigenvalue weighted by atomic mass is 9.70. The van der Waals surface area contributed by atoms with Gasteiger partial charge in [-0.15, -0.1) is 0 Å². The van der Waals surface area contributed by atoms with Crippen LogP contribution in [0.5, 0.6) is 0 Å². The number of likely N-dealkylation sites (tertiary alicyclic amines) is 1. The van der Waals surface area contributed by atoms with E-state index in [0.29, 0.717) is 22.9 Å². The van der Waals surface area contributed by atoms with Crippen LogP contribution in [0.4, 0.5) is 4.79 Å². The molecule has 1 aliphatic heterocycles. The lowest BCUT2D eigenvalue weighted by Gasteiger charge is -2.49. The van der Waals surface area contributed by atoms with E-state index >= 15 is 0 Å². The monoisotopic (exact) mass is 404 g/mol. The summed E-state index contributed by atoms with van der Waals surface area (Å²) >= 11 is 6.09. The Morgan fingerprint density at radius 1 is 1.36 bits per heavy atom. The number of fused-ring (bicyclic) bond motifs is 3. The Labute approximate surface area is 168 Å². The maximum Gasteiger partial charge on any atom is 0.404 e. The number of halogens is 1. The number of rotatable bonds is 2. The van der Waals surface area contributed by atoms with E-state index in [-0.39, 0.29) is 17.2 Å². The molecular formula is C21H25ClN2O4. The highest BCUT2D eigenvalue weighted by Gasteiger charge is 2.66. The molecule has 1 aliphatic carbocycles. The van der Waals surface area contributed by atoms with Crippen molar-refractivity contribution >= 4 is 34.6 Å². The summed E-state index contributed by atoms with van der Waals surface area (Å²) in [5.74, 6) is 0.00183. The second kappa shape index (κ2) is 6.14. The van der Waals surface area contributed by atoms with E-state index in [9.17, 15) is 9.59 Å². The minimum Gasteiger partial charge on any atom is -0.444 e. The second-order valence-corrected chi connectivity index (χ2v) is 9.30. The Morgan fingerprint density at radius 3 is 2.71 bits per heavy atom. The van der Waals surface area contributed by atoms with Gasteiger partial charge in [0.05, 0.1) is 5.54 Å². The molecule has 2 amide bonds. The van der Waals surface area contributed by atoms with Gasteiger partial charge in [-0.25, -0.2) is 4.79 Å². The standard InChI is InChI=1S/C21H25ClN2O4/c1-11-14-6-5-12(9-15(14)27-17(11)22)18(25)24-10-13-7-8-21(24,20(2,3)4)16(13)28-19(23)26/h5-6,9,13,16H,7-8,10H2,1-4H3,(H2,23,26)/t13?,16-,21?/m1/s1. The molecule has 2 aliphatic rings. The summed E-state index contributed by atoms with van der Waals surface area (Å²) in [5.41, 5.74) is 6.45. The number of furan rings is 1. The summed E-state index contributed by atoms with van der Waals surface area (Å²) in [7, 11) is 0.